The smallest absolute Gasteiger partial charge is 0.337 e. The van der Waals surface area contributed by atoms with Crippen molar-refractivity contribution in [2.75, 3.05) is 25.1 Å². The molecule has 110 valence electrons. The fourth-order valence-corrected chi connectivity index (χ4v) is 2.70. The Morgan fingerprint density at radius 2 is 2.00 bits per heavy atom. The second kappa shape index (κ2) is 6.10. The standard InChI is InChI=1S/C16H18N2O3/c19-16(20)14-10-18-15(13-4-2-1-3-12(13)14)17-9-11-5-7-21-8-6-11/h1-4,10-11H,5-9H2,(H,17,18)(H,19,20). The summed E-state index contributed by atoms with van der Waals surface area (Å²) < 4.78 is 5.36. The number of aromatic carboxylic acids is 1. The Morgan fingerprint density at radius 1 is 1.29 bits per heavy atom. The van der Waals surface area contributed by atoms with Crippen LogP contribution in [0.2, 0.25) is 0 Å². The quantitative estimate of drug-likeness (QED) is 0.904. The number of pyridine rings is 1. The van der Waals surface area contributed by atoms with Gasteiger partial charge in [0.15, 0.2) is 0 Å². The number of carboxylic acid groups (broad SMARTS) is 1. The summed E-state index contributed by atoms with van der Waals surface area (Å²) in [5.74, 6) is 0.384. The van der Waals surface area contributed by atoms with Crippen LogP contribution in [0.4, 0.5) is 5.82 Å². The van der Waals surface area contributed by atoms with Gasteiger partial charge in [0.2, 0.25) is 0 Å². The van der Waals surface area contributed by atoms with Gasteiger partial charge in [0.25, 0.3) is 0 Å². The number of carbonyl (C=O) groups is 1. The van der Waals surface area contributed by atoms with Crippen LogP contribution in [-0.4, -0.2) is 35.8 Å². The van der Waals surface area contributed by atoms with Gasteiger partial charge in [0.1, 0.15) is 5.82 Å². The van der Waals surface area contributed by atoms with Gasteiger partial charge in [-0.2, -0.15) is 0 Å². The van der Waals surface area contributed by atoms with Crippen LogP contribution in [0.25, 0.3) is 10.8 Å². The van der Waals surface area contributed by atoms with Crippen molar-refractivity contribution < 1.29 is 14.6 Å². The highest BCUT2D eigenvalue weighted by atomic mass is 16.5. The summed E-state index contributed by atoms with van der Waals surface area (Å²) in [6.45, 7) is 2.48. The predicted molar refractivity (Wildman–Crippen MR) is 80.7 cm³/mol. The maximum Gasteiger partial charge on any atom is 0.337 e. The first kappa shape index (κ1) is 13.8. The van der Waals surface area contributed by atoms with Crippen LogP contribution in [-0.2, 0) is 4.74 Å². The maximum absolute atomic E-state index is 11.3. The fourth-order valence-electron chi connectivity index (χ4n) is 2.70. The molecule has 0 bridgehead atoms. The van der Waals surface area contributed by atoms with E-state index in [2.05, 4.69) is 10.3 Å². The van der Waals surface area contributed by atoms with Crippen molar-refractivity contribution in [1.29, 1.82) is 0 Å². The molecular formula is C16H18N2O3. The number of hydrogen-bond donors (Lipinski definition) is 2. The number of carboxylic acids is 1. The molecule has 0 aliphatic carbocycles. The zero-order chi connectivity index (χ0) is 14.7. The van der Waals surface area contributed by atoms with Gasteiger partial charge >= 0.3 is 5.97 Å². The van der Waals surface area contributed by atoms with Crippen LogP contribution in [0, 0.1) is 5.92 Å². The lowest BCUT2D eigenvalue weighted by Gasteiger charge is -2.22. The molecule has 5 nitrogen and oxygen atoms in total. The van der Waals surface area contributed by atoms with E-state index in [1.165, 1.54) is 6.20 Å². The summed E-state index contributed by atoms with van der Waals surface area (Å²) in [6.07, 6.45) is 3.53. The Morgan fingerprint density at radius 3 is 2.71 bits per heavy atom. The molecule has 0 amide bonds. The minimum absolute atomic E-state index is 0.238. The first-order chi connectivity index (χ1) is 10.3. The number of nitrogens with one attached hydrogen (secondary N) is 1. The highest BCUT2D eigenvalue weighted by Crippen LogP contribution is 2.25. The van der Waals surface area contributed by atoms with Crippen LogP contribution in [0.1, 0.15) is 23.2 Å². The lowest BCUT2D eigenvalue weighted by molar-refractivity contribution is 0.0694. The van der Waals surface area contributed by atoms with Gasteiger partial charge in [-0.05, 0) is 18.8 Å². The minimum Gasteiger partial charge on any atom is -0.478 e. The maximum atomic E-state index is 11.3. The Labute approximate surface area is 123 Å². The summed E-state index contributed by atoms with van der Waals surface area (Å²) in [4.78, 5) is 15.5. The van der Waals surface area contributed by atoms with Crippen molar-refractivity contribution in [2.45, 2.75) is 12.8 Å². The molecule has 5 heteroatoms. The van der Waals surface area contributed by atoms with Gasteiger partial charge in [-0.25, -0.2) is 9.78 Å². The van der Waals surface area contributed by atoms with E-state index in [4.69, 9.17) is 4.74 Å². The van der Waals surface area contributed by atoms with Crippen LogP contribution in [0.5, 0.6) is 0 Å². The second-order valence-corrected chi connectivity index (χ2v) is 5.31. The van der Waals surface area contributed by atoms with Crippen molar-refractivity contribution in [3.05, 3.63) is 36.0 Å². The highest BCUT2D eigenvalue weighted by Gasteiger charge is 2.16. The van der Waals surface area contributed by atoms with Gasteiger partial charge in [0.05, 0.1) is 5.56 Å². The number of nitrogens with zero attached hydrogens (tertiary/aromatic N) is 1. The molecular weight excluding hydrogens is 268 g/mol. The summed E-state index contributed by atoms with van der Waals surface area (Å²) >= 11 is 0. The second-order valence-electron chi connectivity index (χ2n) is 5.31. The molecule has 1 aromatic heterocycles. The number of aromatic nitrogens is 1. The van der Waals surface area contributed by atoms with Crippen molar-refractivity contribution in [3.8, 4) is 0 Å². The van der Waals surface area contributed by atoms with Gasteiger partial charge in [-0.3, -0.25) is 0 Å². The van der Waals surface area contributed by atoms with Crippen LogP contribution in [0.3, 0.4) is 0 Å². The Hall–Kier alpha value is -2.14. The molecule has 21 heavy (non-hydrogen) atoms. The number of anilines is 1. The Balaban J connectivity index is 1.85. The first-order valence-electron chi connectivity index (χ1n) is 7.18. The van der Waals surface area contributed by atoms with Crippen molar-refractivity contribution in [2.24, 2.45) is 5.92 Å². The first-order valence-corrected chi connectivity index (χ1v) is 7.18. The molecule has 1 aliphatic rings. The monoisotopic (exact) mass is 286 g/mol. The summed E-state index contributed by atoms with van der Waals surface area (Å²) in [6, 6.07) is 7.47. The lowest BCUT2D eigenvalue weighted by atomic mass is 10.0. The number of rotatable bonds is 4. The molecule has 0 atom stereocenters. The number of benzene rings is 1. The van der Waals surface area contributed by atoms with E-state index in [1.54, 1.807) is 0 Å². The van der Waals surface area contributed by atoms with Crippen LogP contribution >= 0.6 is 0 Å². The molecule has 1 aliphatic heterocycles. The number of ether oxygens (including phenoxy) is 1. The van der Waals surface area contributed by atoms with Crippen molar-refractivity contribution in [3.63, 3.8) is 0 Å². The van der Waals surface area contributed by atoms with E-state index in [-0.39, 0.29) is 5.56 Å². The molecule has 0 radical (unpaired) electrons. The molecule has 1 aromatic carbocycles. The van der Waals surface area contributed by atoms with Gasteiger partial charge in [-0.1, -0.05) is 24.3 Å². The lowest BCUT2D eigenvalue weighted by Crippen LogP contribution is -2.23. The molecule has 0 saturated carbocycles. The van der Waals surface area contributed by atoms with E-state index in [9.17, 15) is 9.90 Å². The topological polar surface area (TPSA) is 71.5 Å². The summed E-state index contributed by atoms with van der Waals surface area (Å²) in [5.41, 5.74) is 0.238. The van der Waals surface area contributed by atoms with Gasteiger partial charge in [-0.15, -0.1) is 0 Å². The Kier molecular flexibility index (Phi) is 4.01. The van der Waals surface area contributed by atoms with Crippen LogP contribution < -0.4 is 5.32 Å². The molecule has 2 aromatic rings. The molecule has 1 fully saturated rings. The highest BCUT2D eigenvalue weighted by molar-refractivity contribution is 6.06. The molecule has 0 unspecified atom stereocenters. The summed E-state index contributed by atoms with van der Waals surface area (Å²) in [7, 11) is 0. The van der Waals surface area contributed by atoms with Gasteiger partial charge < -0.3 is 15.2 Å². The molecule has 3 rings (SSSR count). The fraction of sp³-hybridized carbons (Fsp3) is 0.375. The summed E-state index contributed by atoms with van der Waals surface area (Å²) in [5, 5.41) is 14.2. The average Bonchev–Trinajstić information content (AvgIpc) is 2.53. The third-order valence-electron chi connectivity index (χ3n) is 3.92. The van der Waals surface area contributed by atoms with Crippen molar-refractivity contribution in [1.82, 2.24) is 4.98 Å². The SMILES string of the molecule is O=C(O)c1cnc(NCC2CCOCC2)c2ccccc12. The molecule has 0 spiro atoms. The van der Waals surface area contributed by atoms with E-state index < -0.39 is 5.97 Å². The molecule has 1 saturated heterocycles. The minimum atomic E-state index is -0.949. The molecule has 2 N–H and O–H groups in total. The van der Waals surface area contributed by atoms with E-state index >= 15 is 0 Å². The normalized spacial score (nSPS) is 16.0. The third kappa shape index (κ3) is 2.97. The molecule has 2 heterocycles. The third-order valence-corrected chi connectivity index (χ3v) is 3.92. The van der Waals surface area contributed by atoms with E-state index in [0.29, 0.717) is 5.92 Å². The van der Waals surface area contributed by atoms with Crippen molar-refractivity contribution >= 4 is 22.6 Å². The number of hydrogen-bond acceptors (Lipinski definition) is 4. The Bertz CT molecular complexity index is 651. The number of fused-ring (bicyclic) bond motifs is 1. The predicted octanol–water partition coefficient (Wildman–Crippen LogP) is 2.77. The van der Waals surface area contributed by atoms with E-state index in [0.717, 1.165) is 49.2 Å². The van der Waals surface area contributed by atoms with Crippen LogP contribution in [0.15, 0.2) is 30.5 Å². The largest absolute Gasteiger partial charge is 0.478 e. The average molecular weight is 286 g/mol. The van der Waals surface area contributed by atoms with Gasteiger partial charge in [0, 0.05) is 36.7 Å². The zero-order valence-electron chi connectivity index (χ0n) is 11.7. The zero-order valence-corrected chi connectivity index (χ0v) is 11.7. The van der Waals surface area contributed by atoms with E-state index in [1.807, 2.05) is 24.3 Å².